The maximum atomic E-state index is 12.8. The van der Waals surface area contributed by atoms with E-state index in [9.17, 15) is 18.0 Å². The Morgan fingerprint density at radius 2 is 2.04 bits per heavy atom. The first kappa shape index (κ1) is 19.4. The van der Waals surface area contributed by atoms with Gasteiger partial charge in [-0.3, -0.25) is 9.59 Å². The van der Waals surface area contributed by atoms with Gasteiger partial charge in [-0.15, -0.1) is 0 Å². The number of carbonyl (C=O) groups excluding carboxylic acids is 2. The van der Waals surface area contributed by atoms with E-state index in [1.807, 2.05) is 13.8 Å². The van der Waals surface area contributed by atoms with Gasteiger partial charge in [0.1, 0.15) is 0 Å². The number of hydrogen-bond acceptors (Lipinski definition) is 4. The molecule has 1 saturated heterocycles. The van der Waals surface area contributed by atoms with Gasteiger partial charge in [-0.1, -0.05) is 6.07 Å². The topological polar surface area (TPSA) is 86.8 Å². The van der Waals surface area contributed by atoms with Gasteiger partial charge < -0.3 is 10.2 Å². The number of nitrogens with zero attached hydrogens (tertiary/aromatic N) is 2. The quantitative estimate of drug-likeness (QED) is 0.810. The first-order chi connectivity index (χ1) is 11.8. The van der Waals surface area contributed by atoms with Crippen molar-refractivity contribution in [1.29, 1.82) is 0 Å². The van der Waals surface area contributed by atoms with Gasteiger partial charge >= 0.3 is 0 Å². The molecule has 1 N–H and O–H groups in total. The van der Waals surface area contributed by atoms with Crippen LogP contribution in [0.15, 0.2) is 29.2 Å². The molecule has 1 atom stereocenters. The lowest BCUT2D eigenvalue weighted by Crippen LogP contribution is -2.34. The van der Waals surface area contributed by atoms with Crippen molar-refractivity contribution in [2.24, 2.45) is 5.92 Å². The van der Waals surface area contributed by atoms with E-state index < -0.39 is 10.0 Å². The SMILES string of the molecule is CCNC(=O)[C@H]1CCN(S(=O)(=O)c2cccc(C(=O)N(C)CC)c2)C1. The van der Waals surface area contributed by atoms with E-state index in [4.69, 9.17) is 0 Å². The molecule has 25 heavy (non-hydrogen) atoms. The summed E-state index contributed by atoms with van der Waals surface area (Å²) in [5, 5.41) is 2.73. The molecule has 8 heteroatoms. The van der Waals surface area contributed by atoms with Crippen LogP contribution in [0.4, 0.5) is 0 Å². The maximum absolute atomic E-state index is 12.8. The van der Waals surface area contributed by atoms with Gasteiger partial charge in [0.05, 0.1) is 10.8 Å². The molecular weight excluding hydrogens is 342 g/mol. The third-order valence-corrected chi connectivity index (χ3v) is 6.27. The van der Waals surface area contributed by atoms with Gasteiger partial charge in [-0.05, 0) is 38.5 Å². The first-order valence-corrected chi connectivity index (χ1v) is 9.88. The van der Waals surface area contributed by atoms with Crippen molar-refractivity contribution in [3.63, 3.8) is 0 Å². The van der Waals surface area contributed by atoms with Crippen molar-refractivity contribution in [3.8, 4) is 0 Å². The Hall–Kier alpha value is -1.93. The predicted molar refractivity (Wildman–Crippen MR) is 94.6 cm³/mol. The lowest BCUT2D eigenvalue weighted by atomic mass is 10.1. The number of rotatable bonds is 6. The highest BCUT2D eigenvalue weighted by Gasteiger charge is 2.35. The largest absolute Gasteiger partial charge is 0.356 e. The minimum atomic E-state index is -3.73. The Bertz CT molecular complexity index is 748. The zero-order valence-electron chi connectivity index (χ0n) is 14.9. The van der Waals surface area contributed by atoms with Crippen molar-refractivity contribution in [2.45, 2.75) is 25.2 Å². The third-order valence-electron chi connectivity index (χ3n) is 4.41. The highest BCUT2D eigenvalue weighted by Crippen LogP contribution is 2.25. The van der Waals surface area contributed by atoms with Gasteiger partial charge in [0.25, 0.3) is 5.91 Å². The number of amides is 2. The van der Waals surface area contributed by atoms with Crippen molar-refractivity contribution >= 4 is 21.8 Å². The van der Waals surface area contributed by atoms with Crippen LogP contribution in [0.1, 0.15) is 30.6 Å². The monoisotopic (exact) mass is 367 g/mol. The molecule has 0 unspecified atom stereocenters. The highest BCUT2D eigenvalue weighted by atomic mass is 32.2. The summed E-state index contributed by atoms with van der Waals surface area (Å²) in [6, 6.07) is 6.07. The van der Waals surface area contributed by atoms with Gasteiger partial charge in [-0.2, -0.15) is 4.31 Å². The molecule has 0 aromatic heterocycles. The van der Waals surface area contributed by atoms with Crippen LogP contribution in [0.3, 0.4) is 0 Å². The van der Waals surface area contributed by atoms with E-state index in [-0.39, 0.29) is 29.2 Å². The first-order valence-electron chi connectivity index (χ1n) is 8.44. The van der Waals surface area contributed by atoms with Crippen LogP contribution >= 0.6 is 0 Å². The second-order valence-corrected chi connectivity index (χ2v) is 8.03. The van der Waals surface area contributed by atoms with Crippen LogP contribution < -0.4 is 5.32 Å². The van der Waals surface area contributed by atoms with Crippen molar-refractivity contribution < 1.29 is 18.0 Å². The van der Waals surface area contributed by atoms with Crippen LogP contribution in [0, 0.1) is 5.92 Å². The van der Waals surface area contributed by atoms with E-state index in [0.717, 1.165) is 0 Å². The van der Waals surface area contributed by atoms with Crippen LogP contribution in [0.2, 0.25) is 0 Å². The van der Waals surface area contributed by atoms with Crippen LogP contribution in [0.5, 0.6) is 0 Å². The highest BCUT2D eigenvalue weighted by molar-refractivity contribution is 7.89. The van der Waals surface area contributed by atoms with E-state index in [0.29, 0.717) is 31.6 Å². The summed E-state index contributed by atoms with van der Waals surface area (Å²) in [7, 11) is -2.06. The predicted octanol–water partition coefficient (Wildman–Crippen LogP) is 0.925. The fraction of sp³-hybridized carbons (Fsp3) is 0.529. The molecule has 0 saturated carbocycles. The summed E-state index contributed by atoms with van der Waals surface area (Å²) in [4.78, 5) is 25.8. The molecule has 1 aromatic carbocycles. The molecule has 0 aliphatic carbocycles. The molecule has 7 nitrogen and oxygen atoms in total. The standard InChI is InChI=1S/C17H25N3O4S/c1-4-18-16(21)14-9-10-20(12-14)25(23,24)15-8-6-7-13(11-15)17(22)19(3)5-2/h6-8,11,14H,4-5,9-10,12H2,1-3H3,(H,18,21)/t14-/m0/s1. The summed E-state index contributed by atoms with van der Waals surface area (Å²) in [6.45, 7) is 5.22. The fourth-order valence-electron chi connectivity index (χ4n) is 2.78. The Morgan fingerprint density at radius 1 is 1.32 bits per heavy atom. The number of sulfonamides is 1. The lowest BCUT2D eigenvalue weighted by Gasteiger charge is -2.18. The molecule has 2 amide bonds. The second-order valence-electron chi connectivity index (χ2n) is 6.09. The molecule has 1 fully saturated rings. The average Bonchev–Trinajstić information content (AvgIpc) is 3.11. The Morgan fingerprint density at radius 3 is 2.68 bits per heavy atom. The number of benzene rings is 1. The summed E-state index contributed by atoms with van der Waals surface area (Å²) >= 11 is 0. The minimum Gasteiger partial charge on any atom is -0.356 e. The summed E-state index contributed by atoms with van der Waals surface area (Å²) in [6.07, 6.45) is 0.502. The van der Waals surface area contributed by atoms with Gasteiger partial charge in [0, 0.05) is 38.8 Å². The van der Waals surface area contributed by atoms with E-state index in [2.05, 4.69) is 5.32 Å². The van der Waals surface area contributed by atoms with Crippen LogP contribution in [-0.4, -0.2) is 62.7 Å². The molecule has 138 valence electrons. The Balaban J connectivity index is 2.20. The molecule has 0 bridgehead atoms. The van der Waals surface area contributed by atoms with E-state index in [1.165, 1.54) is 21.3 Å². The zero-order valence-corrected chi connectivity index (χ0v) is 15.7. The average molecular weight is 367 g/mol. The second kappa shape index (κ2) is 7.97. The molecule has 1 aromatic rings. The fourth-order valence-corrected chi connectivity index (χ4v) is 4.33. The van der Waals surface area contributed by atoms with Crippen LogP contribution in [0.25, 0.3) is 0 Å². The molecule has 0 radical (unpaired) electrons. The Kier molecular flexibility index (Phi) is 6.18. The summed E-state index contributed by atoms with van der Waals surface area (Å²) < 4.78 is 27.0. The number of hydrogen-bond donors (Lipinski definition) is 1. The van der Waals surface area contributed by atoms with Crippen molar-refractivity contribution in [3.05, 3.63) is 29.8 Å². The zero-order chi connectivity index (χ0) is 18.6. The summed E-state index contributed by atoms with van der Waals surface area (Å²) in [5.74, 6) is -0.666. The van der Waals surface area contributed by atoms with Crippen LogP contribution in [-0.2, 0) is 14.8 Å². The van der Waals surface area contributed by atoms with E-state index in [1.54, 1.807) is 19.2 Å². The maximum Gasteiger partial charge on any atom is 0.253 e. The number of nitrogens with one attached hydrogen (secondary N) is 1. The summed E-state index contributed by atoms with van der Waals surface area (Å²) in [5.41, 5.74) is 0.338. The normalized spacial score (nSPS) is 18.1. The molecule has 0 spiro atoms. The molecular formula is C17H25N3O4S. The molecule has 1 aliphatic rings. The lowest BCUT2D eigenvalue weighted by molar-refractivity contribution is -0.124. The van der Waals surface area contributed by atoms with Gasteiger partial charge in [-0.25, -0.2) is 8.42 Å². The van der Waals surface area contributed by atoms with E-state index >= 15 is 0 Å². The molecule has 2 rings (SSSR count). The third kappa shape index (κ3) is 4.19. The van der Waals surface area contributed by atoms with Gasteiger partial charge in [0.2, 0.25) is 15.9 Å². The molecule has 1 heterocycles. The molecule has 1 aliphatic heterocycles. The Labute approximate surface area is 149 Å². The number of carbonyl (C=O) groups is 2. The minimum absolute atomic E-state index is 0.0828. The van der Waals surface area contributed by atoms with Crippen molar-refractivity contribution in [2.75, 3.05) is 33.2 Å². The van der Waals surface area contributed by atoms with Gasteiger partial charge in [0.15, 0.2) is 0 Å². The smallest absolute Gasteiger partial charge is 0.253 e. The van der Waals surface area contributed by atoms with Crippen molar-refractivity contribution in [1.82, 2.24) is 14.5 Å².